The van der Waals surface area contributed by atoms with Gasteiger partial charge < -0.3 is 50.3 Å². The number of phenols is 8. The highest BCUT2D eigenvalue weighted by Gasteiger charge is 2.37. The first kappa shape index (κ1) is 30.2. The van der Waals surface area contributed by atoms with Crippen molar-refractivity contribution in [2.75, 3.05) is 6.54 Å². The number of phenolic OH excluding ortho intramolecular Hbond substituents is 8. The first-order valence-corrected chi connectivity index (χ1v) is 12.2. The maximum absolute atomic E-state index is 12.7. The van der Waals surface area contributed by atoms with Crippen LogP contribution >= 0.6 is 0 Å². The summed E-state index contributed by atoms with van der Waals surface area (Å²) in [6.45, 7) is 4.84. The lowest BCUT2D eigenvalue weighted by molar-refractivity contribution is -0.0189. The van der Waals surface area contributed by atoms with Crippen molar-refractivity contribution in [1.82, 2.24) is 0 Å². The minimum atomic E-state index is -1.18. The van der Waals surface area contributed by atoms with Gasteiger partial charge in [-0.1, -0.05) is 19.0 Å². The third-order valence-electron chi connectivity index (χ3n) is 6.02. The van der Waals surface area contributed by atoms with Gasteiger partial charge in [0, 0.05) is 41.1 Å². The van der Waals surface area contributed by atoms with Gasteiger partial charge in [0.1, 0.15) is 23.4 Å². The molecule has 8 N–H and O–H groups in total. The highest BCUT2D eigenvalue weighted by molar-refractivity contribution is 5.91. The second-order valence-corrected chi connectivity index (χ2v) is 9.54. The molecule has 0 saturated heterocycles. The van der Waals surface area contributed by atoms with Gasteiger partial charge in [0.25, 0.3) is 0 Å². The number of esters is 1. The maximum Gasteiger partial charge on any atom is 0.338 e. The van der Waals surface area contributed by atoms with Gasteiger partial charge in [-0.15, -0.1) is 0 Å². The van der Waals surface area contributed by atoms with Crippen molar-refractivity contribution in [2.24, 2.45) is 11.0 Å². The van der Waals surface area contributed by atoms with Gasteiger partial charge >= 0.3 is 5.97 Å². The van der Waals surface area contributed by atoms with Crippen LogP contribution in [-0.4, -0.2) is 59.5 Å². The van der Waals surface area contributed by atoms with E-state index in [9.17, 15) is 45.6 Å². The molecule has 1 heterocycles. The van der Waals surface area contributed by atoms with Crippen molar-refractivity contribution >= 4 is 5.97 Å². The molecule has 3 aromatic carbocycles. The Morgan fingerprint density at radius 2 is 1.49 bits per heavy atom. The second-order valence-electron chi connectivity index (χ2n) is 9.54. The molecular formula is C27H29N3O11. The van der Waals surface area contributed by atoms with Crippen LogP contribution in [0.15, 0.2) is 41.5 Å². The van der Waals surface area contributed by atoms with Crippen molar-refractivity contribution in [3.63, 3.8) is 0 Å². The second kappa shape index (κ2) is 12.7. The average molecular weight is 572 g/mol. The zero-order chi connectivity index (χ0) is 30.4. The number of carbonyl (C=O) groups excluding carboxylic acids is 1. The smallest absolute Gasteiger partial charge is 0.338 e. The molecule has 0 fully saturated rings. The normalized spacial score (nSPS) is 15.5. The molecule has 1 aliphatic rings. The Morgan fingerprint density at radius 3 is 2.02 bits per heavy atom. The van der Waals surface area contributed by atoms with Crippen molar-refractivity contribution in [1.29, 1.82) is 0 Å². The van der Waals surface area contributed by atoms with Gasteiger partial charge in [-0.05, 0) is 42.1 Å². The molecule has 41 heavy (non-hydrogen) atoms. The van der Waals surface area contributed by atoms with E-state index >= 15 is 0 Å². The number of nitrogens with zero attached hydrogens (tertiary/aromatic N) is 3. The third kappa shape index (κ3) is 7.19. The number of hydrogen-bond acceptors (Lipinski definition) is 12. The zero-order valence-corrected chi connectivity index (χ0v) is 22.0. The van der Waals surface area contributed by atoms with Crippen molar-refractivity contribution in [3.8, 4) is 51.7 Å². The van der Waals surface area contributed by atoms with Gasteiger partial charge in [-0.3, -0.25) is 0 Å². The first-order valence-electron chi connectivity index (χ1n) is 12.2. The molecule has 0 radical (unpaired) electrons. The van der Waals surface area contributed by atoms with Crippen LogP contribution in [0.25, 0.3) is 10.4 Å². The van der Waals surface area contributed by atoms with Crippen LogP contribution in [0.2, 0.25) is 0 Å². The van der Waals surface area contributed by atoms with Gasteiger partial charge in [-0.25, -0.2) is 4.79 Å². The molecule has 0 unspecified atom stereocenters. The topological polar surface area (TPSA) is 246 Å². The molecule has 3 aromatic rings. The zero-order valence-electron chi connectivity index (χ0n) is 22.0. The molecule has 0 amide bonds. The predicted octanol–water partition coefficient (Wildman–Crippen LogP) is 4.58. The van der Waals surface area contributed by atoms with E-state index in [0.29, 0.717) is 12.5 Å². The molecule has 4 rings (SSSR count). The summed E-state index contributed by atoms with van der Waals surface area (Å²) in [5, 5.41) is 81.6. The van der Waals surface area contributed by atoms with E-state index in [4.69, 9.17) is 15.0 Å². The quantitative estimate of drug-likeness (QED) is 0.0668. The summed E-state index contributed by atoms with van der Waals surface area (Å²) in [4.78, 5) is 15.4. The monoisotopic (exact) mass is 571 g/mol. The van der Waals surface area contributed by atoms with E-state index in [-0.39, 0.29) is 40.4 Å². The van der Waals surface area contributed by atoms with Crippen LogP contribution in [0.4, 0.5) is 0 Å². The van der Waals surface area contributed by atoms with E-state index in [0.717, 1.165) is 36.8 Å². The van der Waals surface area contributed by atoms with Crippen LogP contribution in [-0.2, 0) is 11.2 Å². The Kier molecular flexibility index (Phi) is 9.32. The van der Waals surface area contributed by atoms with Crippen LogP contribution < -0.4 is 4.74 Å². The van der Waals surface area contributed by atoms with Crippen molar-refractivity contribution < 1.29 is 55.1 Å². The molecule has 0 aromatic heterocycles. The number of aromatic hydroxyl groups is 8. The summed E-state index contributed by atoms with van der Waals surface area (Å²) in [7, 11) is 0. The predicted molar refractivity (Wildman–Crippen MR) is 142 cm³/mol. The Hall–Kier alpha value is -5.36. The number of carbonyl (C=O) groups is 1. The molecular weight excluding hydrogens is 542 g/mol. The molecule has 0 aliphatic carbocycles. The molecule has 0 bridgehead atoms. The fraction of sp³-hybridized carbons (Fsp3) is 0.296. The van der Waals surface area contributed by atoms with Crippen LogP contribution in [0, 0.1) is 5.92 Å². The molecule has 14 nitrogen and oxygen atoms in total. The van der Waals surface area contributed by atoms with Gasteiger partial charge in [0.2, 0.25) is 0 Å². The van der Waals surface area contributed by atoms with E-state index in [1.807, 2.05) is 0 Å². The third-order valence-corrected chi connectivity index (χ3v) is 6.02. The van der Waals surface area contributed by atoms with E-state index in [1.165, 1.54) is 6.07 Å². The highest BCUT2D eigenvalue weighted by Crippen LogP contribution is 2.46. The van der Waals surface area contributed by atoms with Crippen molar-refractivity contribution in [2.45, 2.75) is 38.9 Å². The highest BCUT2D eigenvalue weighted by atomic mass is 16.6. The molecule has 14 heteroatoms. The number of hydrogen-bond donors (Lipinski definition) is 8. The summed E-state index contributed by atoms with van der Waals surface area (Å²) in [5.74, 6) is -5.42. The summed E-state index contributed by atoms with van der Waals surface area (Å²) in [6, 6.07) is 6.18. The van der Waals surface area contributed by atoms with Crippen LogP contribution in [0.5, 0.6) is 51.7 Å². The van der Waals surface area contributed by atoms with E-state index < -0.39 is 52.7 Å². The summed E-state index contributed by atoms with van der Waals surface area (Å²) >= 11 is 0. The molecule has 1 aliphatic heterocycles. The van der Waals surface area contributed by atoms with Crippen LogP contribution in [0.1, 0.15) is 47.9 Å². The summed E-state index contributed by atoms with van der Waals surface area (Å²) in [6.07, 6.45) is -1.50. The standard InChI is InChI=1S/C22H18O11.C5H11N3/c23-10-5-12(24)11-7-18(33-22(31)9-3-15(27)20(30)16(28)4-9)21(32-17(11)6-10)8-1-13(25)19(29)14(26)2-8;1-5(2)3-4-7-8-6/h1-6,18,21,23-30H,7H2;5H,3-4H2,1-2H3/t18-,21+;/m1./s1. The van der Waals surface area contributed by atoms with Gasteiger partial charge in [0.15, 0.2) is 40.6 Å². The van der Waals surface area contributed by atoms with E-state index in [1.54, 1.807) is 0 Å². The molecule has 0 spiro atoms. The lowest BCUT2D eigenvalue weighted by atomic mass is 9.93. The lowest BCUT2D eigenvalue weighted by Gasteiger charge is -2.34. The summed E-state index contributed by atoms with van der Waals surface area (Å²) in [5.41, 5.74) is 7.82. The largest absolute Gasteiger partial charge is 0.508 e. The Balaban J connectivity index is 0.000000507. The van der Waals surface area contributed by atoms with Crippen LogP contribution in [0.3, 0.4) is 0 Å². The Bertz CT molecular complexity index is 1440. The molecule has 0 saturated carbocycles. The molecule has 2 atom stereocenters. The van der Waals surface area contributed by atoms with Gasteiger partial charge in [-0.2, -0.15) is 0 Å². The molecule has 218 valence electrons. The summed E-state index contributed by atoms with van der Waals surface area (Å²) < 4.78 is 11.3. The number of ether oxygens (including phenoxy) is 2. The number of fused-ring (bicyclic) bond motifs is 1. The SMILES string of the molecule is CC(C)CCN=[N+]=[N-].O=C(O[C@@H]1Cc2c(O)cc(O)cc2O[C@H]1c1cc(O)c(O)c(O)c1)c1cc(O)c(O)c(O)c1. The lowest BCUT2D eigenvalue weighted by Crippen LogP contribution is -2.34. The van der Waals surface area contributed by atoms with E-state index in [2.05, 4.69) is 23.9 Å². The first-order chi connectivity index (χ1) is 19.3. The minimum Gasteiger partial charge on any atom is -0.508 e. The minimum absolute atomic E-state index is 0.0526. The fourth-order valence-electron chi connectivity index (χ4n) is 3.91. The fourth-order valence-corrected chi connectivity index (χ4v) is 3.91. The number of azide groups is 1. The Morgan fingerprint density at radius 1 is 0.927 bits per heavy atom. The number of rotatable bonds is 6. The Labute approximate surface area is 233 Å². The average Bonchev–Trinajstić information content (AvgIpc) is 2.90. The maximum atomic E-state index is 12.7. The number of benzene rings is 3. The van der Waals surface area contributed by atoms with Gasteiger partial charge in [0.05, 0.1) is 5.56 Å². The van der Waals surface area contributed by atoms with Crippen molar-refractivity contribution in [3.05, 3.63) is 63.5 Å².